The standard InChI is InChI=1S/3C17H16O6.C11H12O5.C8H16O.C4H10.C3H8.3C2H6.2CH4/c3*18-13(9-20-14-4-2-1-3-5-14)10-21-17(19)12-6-7-15-16(8-12)23-11-22-15;1-7(12)5-14-11(13)8-2-3-9-10(4-8)16-6-15-9;1-7-5-3-4-6-8(7)9-2;1-4(2)3;1-3-2;3*1-2;;/h3*1-8,13,18H,9-11H2;2-4,7,12H,5-6H2,1H3;7-8H,3-6H2,1-2H3;4H,1-3H3;3H2,1-2H3;3*1-2H3;2*1H4. The Labute approximate surface area is 645 Å². The van der Waals surface area contributed by atoms with Gasteiger partial charge >= 0.3 is 23.9 Å². The molecule has 24 nitrogen and oxygen atoms in total. The summed E-state index contributed by atoms with van der Waals surface area (Å²) in [7, 11) is 1.83. The number of aliphatic hydroxyl groups excluding tert-OH is 4. The topological polar surface area (TPSA) is 297 Å². The van der Waals surface area contributed by atoms with E-state index >= 15 is 0 Å². The van der Waals surface area contributed by atoms with Crippen LogP contribution < -0.4 is 52.1 Å². The van der Waals surface area contributed by atoms with Gasteiger partial charge in [0.05, 0.1) is 34.5 Å². The van der Waals surface area contributed by atoms with Gasteiger partial charge in [-0.25, -0.2) is 19.2 Å². The molecule has 4 N–H and O–H groups in total. The molecule has 4 aliphatic heterocycles. The van der Waals surface area contributed by atoms with E-state index in [1.807, 2.05) is 103 Å². The molecule has 24 heteroatoms. The zero-order chi connectivity index (χ0) is 78.7. The van der Waals surface area contributed by atoms with Crippen molar-refractivity contribution in [2.45, 2.75) is 167 Å². The smallest absolute Gasteiger partial charge is 0.338 e. The van der Waals surface area contributed by atoms with Gasteiger partial charge in [0.25, 0.3) is 0 Å². The summed E-state index contributed by atoms with van der Waals surface area (Å²) >= 11 is 0. The second-order valence-corrected chi connectivity index (χ2v) is 23.8. The normalized spacial score (nSPS) is 14.3. The molecule has 0 bridgehead atoms. The highest BCUT2D eigenvalue weighted by Gasteiger charge is 2.24. The van der Waals surface area contributed by atoms with Gasteiger partial charge in [-0.15, -0.1) is 0 Å². The van der Waals surface area contributed by atoms with Crippen molar-refractivity contribution in [2.24, 2.45) is 11.8 Å². The van der Waals surface area contributed by atoms with Crippen molar-refractivity contribution in [1.82, 2.24) is 0 Å². The van der Waals surface area contributed by atoms with Crippen molar-refractivity contribution in [2.75, 3.05) is 80.5 Å². The Morgan fingerprint density at radius 1 is 0.376 bits per heavy atom. The van der Waals surface area contributed by atoms with Crippen molar-refractivity contribution in [3.8, 4) is 63.2 Å². The van der Waals surface area contributed by atoms with E-state index in [4.69, 9.17) is 80.9 Å². The number of aliphatic hydroxyl groups is 4. The monoisotopic (exact) mass is 1520 g/mol. The fourth-order valence-electron chi connectivity index (χ4n) is 9.04. The van der Waals surface area contributed by atoms with Crippen LogP contribution in [0.4, 0.5) is 0 Å². The molecule has 0 spiro atoms. The third-order valence-electron chi connectivity index (χ3n) is 14.0. The van der Waals surface area contributed by atoms with Gasteiger partial charge in [0.1, 0.15) is 81.8 Å². The summed E-state index contributed by atoms with van der Waals surface area (Å²) in [4.78, 5) is 47.4. The van der Waals surface area contributed by atoms with Crippen molar-refractivity contribution in [3.05, 3.63) is 186 Å². The number of methoxy groups -OCH3 is 1. The Balaban J connectivity index is 0.000000665. The molecule has 12 rings (SSSR count). The van der Waals surface area contributed by atoms with E-state index in [1.165, 1.54) is 32.1 Å². The Morgan fingerprint density at radius 2 is 0.615 bits per heavy atom. The predicted molar refractivity (Wildman–Crippen MR) is 419 cm³/mol. The fraction of sp³-hybridized carbons (Fsp3) is 0.459. The third kappa shape index (κ3) is 38.1. The molecule has 1 fully saturated rings. The molecular formula is C85H120O24. The summed E-state index contributed by atoms with van der Waals surface area (Å²) in [6.07, 6.45) is 3.81. The number of ether oxygens (including phenoxy) is 16. The van der Waals surface area contributed by atoms with Crippen molar-refractivity contribution in [1.29, 1.82) is 0 Å². The molecule has 0 amide bonds. The molecular weight excluding hydrogens is 1400 g/mol. The van der Waals surface area contributed by atoms with Gasteiger partial charge in [-0.2, -0.15) is 0 Å². The molecule has 4 heterocycles. The lowest BCUT2D eigenvalue weighted by molar-refractivity contribution is 0.0127. The van der Waals surface area contributed by atoms with E-state index < -0.39 is 48.3 Å². The SMILES string of the molecule is C.C.CC.CC.CC.CC(C)C.CC(O)COC(=O)c1ccc2c(c1)OCO2.CCC.COC1CCCCC1C.O=C(OCC(O)COc1ccccc1)c1ccc2c(c1)OCO2.O=C(OCC(O)COc1ccccc1)c1ccc2c(c1)OCO2.O=C(OCC(O)COc1ccccc1)c1ccc2c(c1)OCO2. The van der Waals surface area contributed by atoms with Crippen LogP contribution in [-0.2, 0) is 23.7 Å². The highest BCUT2D eigenvalue weighted by molar-refractivity contribution is 5.92. The number of esters is 4. The Kier molecular flexibility index (Phi) is 50.9. The molecule has 1 aliphatic carbocycles. The molecule has 6 unspecified atom stereocenters. The zero-order valence-electron chi connectivity index (χ0n) is 64.4. The van der Waals surface area contributed by atoms with Crippen LogP contribution in [0, 0.1) is 11.8 Å². The molecule has 0 saturated heterocycles. The molecule has 109 heavy (non-hydrogen) atoms. The number of carbonyl (C=O) groups excluding carboxylic acids is 4. The van der Waals surface area contributed by atoms with Crippen molar-refractivity contribution in [3.63, 3.8) is 0 Å². The van der Waals surface area contributed by atoms with Crippen LogP contribution in [0.25, 0.3) is 0 Å². The minimum absolute atomic E-state index is 0. The van der Waals surface area contributed by atoms with E-state index in [-0.39, 0.29) is 88.3 Å². The molecule has 0 aromatic heterocycles. The summed E-state index contributed by atoms with van der Waals surface area (Å²) in [5.74, 6) is 5.92. The Hall–Kier alpha value is -9.98. The Morgan fingerprint density at radius 3 is 0.844 bits per heavy atom. The second kappa shape index (κ2) is 57.2. The molecule has 604 valence electrons. The maximum Gasteiger partial charge on any atom is 0.338 e. The lowest BCUT2D eigenvalue weighted by Crippen LogP contribution is -2.25. The summed E-state index contributed by atoms with van der Waals surface area (Å²) in [6, 6.07) is 46.5. The van der Waals surface area contributed by atoms with Gasteiger partial charge in [-0.05, 0) is 141 Å². The minimum Gasteiger partial charge on any atom is -0.491 e. The average Bonchev–Trinajstić information content (AvgIpc) is 1.74. The lowest BCUT2D eigenvalue weighted by atomic mass is 9.88. The minimum atomic E-state index is -0.909. The van der Waals surface area contributed by atoms with E-state index in [9.17, 15) is 34.5 Å². The lowest BCUT2D eigenvalue weighted by Gasteiger charge is -2.26. The van der Waals surface area contributed by atoms with Gasteiger partial charge < -0.3 is 96.2 Å². The number of hydrogen-bond acceptors (Lipinski definition) is 24. The van der Waals surface area contributed by atoms with Crippen LogP contribution in [-0.4, -0.2) is 155 Å². The number of rotatable bonds is 22. The van der Waals surface area contributed by atoms with E-state index in [1.54, 1.807) is 116 Å². The van der Waals surface area contributed by atoms with Gasteiger partial charge in [0.15, 0.2) is 46.0 Å². The number of hydrogen-bond donors (Lipinski definition) is 4. The van der Waals surface area contributed by atoms with E-state index in [0.29, 0.717) is 91.6 Å². The number of fused-ring (bicyclic) bond motifs is 4. The largest absolute Gasteiger partial charge is 0.491 e. The van der Waals surface area contributed by atoms with Gasteiger partial charge in [-0.1, -0.05) is 172 Å². The maximum absolute atomic E-state index is 12.0. The Bertz CT molecular complexity index is 3270. The third-order valence-corrected chi connectivity index (χ3v) is 14.0. The van der Waals surface area contributed by atoms with E-state index in [0.717, 1.165) is 11.8 Å². The quantitative estimate of drug-likeness (QED) is 0.0362. The van der Waals surface area contributed by atoms with E-state index in [2.05, 4.69) is 41.5 Å². The first kappa shape index (κ1) is 97.0. The first-order chi connectivity index (χ1) is 51.8. The molecule has 7 aromatic rings. The highest BCUT2D eigenvalue weighted by atomic mass is 16.7. The molecule has 6 atom stereocenters. The summed E-state index contributed by atoms with van der Waals surface area (Å²) in [6.45, 7) is 26.8. The van der Waals surface area contributed by atoms with Crippen LogP contribution in [0.1, 0.15) is 178 Å². The van der Waals surface area contributed by atoms with Crippen LogP contribution in [0.2, 0.25) is 0 Å². The van der Waals surface area contributed by atoms with Gasteiger partial charge in [0, 0.05) is 7.11 Å². The number of benzene rings is 7. The summed E-state index contributed by atoms with van der Waals surface area (Å²) in [5, 5.41) is 38.4. The summed E-state index contributed by atoms with van der Waals surface area (Å²) < 4.78 is 82.9. The summed E-state index contributed by atoms with van der Waals surface area (Å²) in [5.41, 5.74) is 1.39. The van der Waals surface area contributed by atoms with Crippen LogP contribution in [0.5, 0.6) is 63.2 Å². The first-order valence-corrected chi connectivity index (χ1v) is 36.4. The van der Waals surface area contributed by atoms with Crippen LogP contribution in [0.15, 0.2) is 164 Å². The average molecular weight is 1530 g/mol. The van der Waals surface area contributed by atoms with Crippen molar-refractivity contribution < 1.29 is 115 Å². The fourth-order valence-corrected chi connectivity index (χ4v) is 9.04. The molecule has 1 saturated carbocycles. The highest BCUT2D eigenvalue weighted by Crippen LogP contribution is 2.36. The number of carbonyl (C=O) groups is 4. The van der Waals surface area contributed by atoms with Gasteiger partial charge in [0.2, 0.25) is 27.2 Å². The van der Waals surface area contributed by atoms with Crippen molar-refractivity contribution >= 4 is 23.9 Å². The van der Waals surface area contributed by atoms with Gasteiger partial charge in [-0.3, -0.25) is 0 Å². The number of para-hydroxylation sites is 3. The molecule has 5 aliphatic rings. The first-order valence-electron chi connectivity index (χ1n) is 36.4. The molecule has 0 radical (unpaired) electrons. The van der Waals surface area contributed by atoms with Crippen LogP contribution in [0.3, 0.4) is 0 Å². The second-order valence-electron chi connectivity index (χ2n) is 23.8. The van der Waals surface area contributed by atoms with Crippen LogP contribution >= 0.6 is 0 Å². The maximum atomic E-state index is 12.0. The zero-order valence-corrected chi connectivity index (χ0v) is 64.4. The molecule has 7 aromatic carbocycles. The predicted octanol–water partition coefficient (Wildman–Crippen LogP) is 16.6.